The van der Waals surface area contributed by atoms with Gasteiger partial charge in [-0.05, 0) is 18.6 Å². The van der Waals surface area contributed by atoms with Gasteiger partial charge in [-0.15, -0.1) is 0 Å². The van der Waals surface area contributed by atoms with Gasteiger partial charge in [-0.1, -0.05) is 19.1 Å². The van der Waals surface area contributed by atoms with Crippen LogP contribution in [0.5, 0.6) is 5.75 Å². The van der Waals surface area contributed by atoms with Gasteiger partial charge in [0.25, 0.3) is 0 Å². The Morgan fingerprint density at radius 3 is 2.58 bits per heavy atom. The zero-order valence-corrected chi connectivity index (χ0v) is 13.7. The number of nitriles is 2. The molecule has 0 amide bonds. The quantitative estimate of drug-likeness (QED) is 0.806. The van der Waals surface area contributed by atoms with Crippen LogP contribution in [0.1, 0.15) is 24.5 Å². The van der Waals surface area contributed by atoms with Crippen molar-refractivity contribution >= 4 is 18.0 Å². The van der Waals surface area contributed by atoms with Gasteiger partial charge in [0.1, 0.15) is 46.7 Å². The summed E-state index contributed by atoms with van der Waals surface area (Å²) < 4.78 is 18.3. The molecular weight excluding hydrogens is 329 g/mol. The smallest absolute Gasteiger partial charge is 0.138 e. The number of hydrogen-bond donors (Lipinski definition) is 2. The molecule has 2 rings (SSSR count). The summed E-state index contributed by atoms with van der Waals surface area (Å²) in [5.74, 6) is 0.469. The number of alkyl halides is 1. The first-order valence-corrected chi connectivity index (χ1v) is 7.51. The van der Waals surface area contributed by atoms with E-state index in [2.05, 4.69) is 9.97 Å². The zero-order valence-electron chi connectivity index (χ0n) is 12.8. The first-order valence-electron chi connectivity index (χ1n) is 7.10. The van der Waals surface area contributed by atoms with E-state index < -0.39 is 12.8 Å². The summed E-state index contributed by atoms with van der Waals surface area (Å²) in [6, 6.07) is 7.09. The van der Waals surface area contributed by atoms with E-state index in [1.54, 1.807) is 12.1 Å². The summed E-state index contributed by atoms with van der Waals surface area (Å²) in [6.45, 7) is 1.22. The fraction of sp³-hybridized carbons (Fsp3) is 0.250. The molecule has 2 aromatic rings. The van der Waals surface area contributed by atoms with Gasteiger partial charge in [-0.2, -0.15) is 10.5 Å². The van der Waals surface area contributed by atoms with Gasteiger partial charge >= 0.3 is 0 Å². The lowest BCUT2D eigenvalue weighted by atomic mass is 10.0. The van der Waals surface area contributed by atoms with Crippen molar-refractivity contribution in [3.05, 3.63) is 34.1 Å². The topological polar surface area (TPSA) is 112 Å². The minimum Gasteiger partial charge on any atom is -0.486 e. The molecule has 0 aliphatic carbocycles. The predicted octanol–water partition coefficient (Wildman–Crippen LogP) is 3.26. The van der Waals surface area contributed by atoms with Gasteiger partial charge in [-0.3, -0.25) is 4.98 Å². The summed E-state index contributed by atoms with van der Waals surface area (Å²) in [4.78, 5) is 6.83. The minimum atomic E-state index is -0.597. The van der Waals surface area contributed by atoms with Gasteiger partial charge in [0.05, 0.1) is 17.5 Å². The Kier molecular flexibility index (Phi) is 5.46. The van der Waals surface area contributed by atoms with Crippen LogP contribution < -0.4 is 10.5 Å². The average Bonchev–Trinajstić information content (AvgIpc) is 2.59. The summed E-state index contributed by atoms with van der Waals surface area (Å²) >= 11 is 5.09. The molecule has 0 saturated heterocycles. The van der Waals surface area contributed by atoms with Gasteiger partial charge in [0.15, 0.2) is 0 Å². The number of hydrogen-bond acceptors (Lipinski definition) is 6. The van der Waals surface area contributed by atoms with Crippen molar-refractivity contribution < 1.29 is 9.13 Å². The number of ether oxygens (including phenoxy) is 1. The molecule has 0 fully saturated rings. The fourth-order valence-electron chi connectivity index (χ4n) is 2.11. The first kappa shape index (κ1) is 17.4. The van der Waals surface area contributed by atoms with Crippen molar-refractivity contribution in [2.75, 3.05) is 12.4 Å². The Bertz CT molecular complexity index is 876. The SMILES string of the molecule is CCC(CF)Oc1ccc(-c2c(C#N)c(N)[nH]c(=S)c2C#N)nc1. The third-order valence-corrected chi connectivity index (χ3v) is 3.70. The third kappa shape index (κ3) is 3.34. The number of nitrogens with two attached hydrogens (primary N) is 1. The monoisotopic (exact) mass is 343 g/mol. The summed E-state index contributed by atoms with van der Waals surface area (Å²) in [5.41, 5.74) is 6.61. The Balaban J connectivity index is 2.52. The number of halogens is 1. The third-order valence-electron chi connectivity index (χ3n) is 3.39. The van der Waals surface area contributed by atoms with Crippen LogP contribution >= 0.6 is 12.2 Å². The van der Waals surface area contributed by atoms with E-state index >= 15 is 0 Å². The molecular formula is C16H14FN5OS. The van der Waals surface area contributed by atoms with Gasteiger partial charge < -0.3 is 15.5 Å². The number of aromatic nitrogens is 2. The molecule has 0 spiro atoms. The number of H-pyrrole nitrogens is 1. The maximum absolute atomic E-state index is 12.7. The normalized spacial score (nSPS) is 11.3. The molecule has 24 heavy (non-hydrogen) atoms. The summed E-state index contributed by atoms with van der Waals surface area (Å²) in [6.07, 6.45) is 1.40. The molecule has 8 heteroatoms. The number of rotatable bonds is 5. The molecule has 0 aliphatic heterocycles. The van der Waals surface area contributed by atoms with Gasteiger partial charge in [-0.25, -0.2) is 4.39 Å². The number of nitrogens with one attached hydrogen (secondary N) is 1. The largest absolute Gasteiger partial charge is 0.486 e. The van der Waals surface area contributed by atoms with Gasteiger partial charge in [0.2, 0.25) is 0 Å². The molecule has 0 aliphatic rings. The highest BCUT2D eigenvalue weighted by molar-refractivity contribution is 7.71. The molecule has 3 N–H and O–H groups in total. The van der Waals surface area contributed by atoms with E-state index in [1.807, 2.05) is 19.1 Å². The number of pyridine rings is 2. The Labute approximate surface area is 143 Å². The first-order chi connectivity index (χ1) is 11.5. The Hall–Kier alpha value is -2.97. The highest BCUT2D eigenvalue weighted by atomic mass is 32.1. The maximum atomic E-state index is 12.7. The lowest BCUT2D eigenvalue weighted by Gasteiger charge is -2.14. The number of anilines is 1. The molecule has 0 radical (unpaired) electrons. The fourth-order valence-corrected chi connectivity index (χ4v) is 2.37. The summed E-state index contributed by atoms with van der Waals surface area (Å²) in [5, 5.41) is 18.6. The van der Waals surface area contributed by atoms with Crippen LogP contribution in [0.4, 0.5) is 10.2 Å². The molecule has 122 valence electrons. The molecule has 0 aromatic carbocycles. The van der Waals surface area contributed by atoms with Crippen molar-refractivity contribution in [2.24, 2.45) is 0 Å². The second-order valence-corrected chi connectivity index (χ2v) is 5.31. The zero-order chi connectivity index (χ0) is 17.7. The van der Waals surface area contributed by atoms with Crippen LogP contribution in [0.15, 0.2) is 18.3 Å². The maximum Gasteiger partial charge on any atom is 0.138 e. The molecule has 6 nitrogen and oxygen atoms in total. The lowest BCUT2D eigenvalue weighted by Crippen LogP contribution is -2.17. The molecule has 2 heterocycles. The van der Waals surface area contributed by atoms with Crippen LogP contribution in [0.3, 0.4) is 0 Å². The number of nitrogen functional groups attached to an aromatic ring is 1. The van der Waals surface area contributed by atoms with E-state index in [-0.39, 0.29) is 27.1 Å². The molecule has 0 bridgehead atoms. The predicted molar refractivity (Wildman–Crippen MR) is 89.4 cm³/mol. The number of aromatic amines is 1. The van der Waals surface area contributed by atoms with Crippen molar-refractivity contribution in [3.63, 3.8) is 0 Å². The lowest BCUT2D eigenvalue weighted by molar-refractivity contribution is 0.160. The van der Waals surface area contributed by atoms with Crippen molar-refractivity contribution in [1.29, 1.82) is 10.5 Å². The van der Waals surface area contributed by atoms with E-state index in [1.165, 1.54) is 6.20 Å². The highest BCUT2D eigenvalue weighted by Gasteiger charge is 2.18. The van der Waals surface area contributed by atoms with Crippen LogP contribution in [0.25, 0.3) is 11.3 Å². The van der Waals surface area contributed by atoms with Crippen molar-refractivity contribution in [1.82, 2.24) is 9.97 Å². The van der Waals surface area contributed by atoms with E-state index in [0.717, 1.165) is 0 Å². The van der Waals surface area contributed by atoms with Crippen molar-refractivity contribution in [2.45, 2.75) is 19.4 Å². The van der Waals surface area contributed by atoms with Gasteiger partial charge in [0, 0.05) is 5.56 Å². The van der Waals surface area contributed by atoms with Crippen LogP contribution in [0.2, 0.25) is 0 Å². The Morgan fingerprint density at radius 1 is 1.38 bits per heavy atom. The molecule has 0 saturated carbocycles. The summed E-state index contributed by atoms with van der Waals surface area (Å²) in [7, 11) is 0. The van der Waals surface area contributed by atoms with Crippen LogP contribution in [-0.4, -0.2) is 22.7 Å². The molecule has 1 atom stereocenters. The van der Waals surface area contributed by atoms with E-state index in [4.69, 9.17) is 22.7 Å². The number of nitrogens with zero attached hydrogens (tertiary/aromatic N) is 3. The van der Waals surface area contributed by atoms with E-state index in [9.17, 15) is 14.9 Å². The van der Waals surface area contributed by atoms with Crippen molar-refractivity contribution in [3.8, 4) is 29.1 Å². The second-order valence-electron chi connectivity index (χ2n) is 4.90. The van der Waals surface area contributed by atoms with Crippen LogP contribution in [-0.2, 0) is 0 Å². The van der Waals surface area contributed by atoms with E-state index in [0.29, 0.717) is 17.9 Å². The minimum absolute atomic E-state index is 0.0714. The Morgan fingerprint density at radius 2 is 2.08 bits per heavy atom. The average molecular weight is 343 g/mol. The standard InChI is InChI=1S/C16H14FN5OS/c1-2-9(5-17)23-10-3-4-13(21-8-10)14-11(6-18)15(20)22-16(24)12(14)7-19/h3-4,8-9H,2,5H2,1H3,(H3,20,22,24). The van der Waals surface area contributed by atoms with Crippen LogP contribution in [0, 0.1) is 27.3 Å². The molecule has 1 unspecified atom stereocenters. The second kappa shape index (κ2) is 7.53. The molecule has 2 aromatic heterocycles. The highest BCUT2D eigenvalue weighted by Crippen LogP contribution is 2.30.